The number of nitrogens with zero attached hydrogens (tertiary/aromatic N) is 2. The van der Waals surface area contributed by atoms with Gasteiger partial charge in [0.1, 0.15) is 5.70 Å². The van der Waals surface area contributed by atoms with Crippen molar-refractivity contribution in [2.75, 3.05) is 26.1 Å². The van der Waals surface area contributed by atoms with Crippen LogP contribution in [0.15, 0.2) is 112 Å². The lowest BCUT2D eigenvalue weighted by Gasteiger charge is -2.13. The quantitative estimate of drug-likeness (QED) is 0.0761. The lowest BCUT2D eigenvalue weighted by Crippen LogP contribution is -2.32. The Bertz CT molecular complexity index is 1650. The van der Waals surface area contributed by atoms with Crippen molar-refractivity contribution in [3.8, 4) is 11.5 Å². The van der Waals surface area contributed by atoms with Crippen LogP contribution in [0.5, 0.6) is 11.5 Å². The first-order chi connectivity index (χ1) is 20.7. The monoisotopic (exact) mass is 640 g/mol. The molecular weight excluding hydrogens is 612 g/mol. The van der Waals surface area contributed by atoms with E-state index in [2.05, 4.69) is 31.8 Å². The van der Waals surface area contributed by atoms with Gasteiger partial charge in [0.25, 0.3) is 11.8 Å². The fourth-order valence-electron chi connectivity index (χ4n) is 3.80. The van der Waals surface area contributed by atoms with Crippen LogP contribution in [0.2, 0.25) is 0 Å². The lowest BCUT2D eigenvalue weighted by molar-refractivity contribution is -0.117. The molecule has 4 aromatic rings. The van der Waals surface area contributed by atoms with Gasteiger partial charge in [-0.1, -0.05) is 46.3 Å². The molecule has 0 atom stereocenters. The summed E-state index contributed by atoms with van der Waals surface area (Å²) in [5.41, 5.74) is 5.53. The number of hydrazone groups is 1. The predicted molar refractivity (Wildman–Crippen MR) is 170 cm³/mol. The van der Waals surface area contributed by atoms with Crippen LogP contribution in [0.25, 0.3) is 6.08 Å². The molecule has 0 radical (unpaired) electrons. The number of ether oxygens (including phenoxy) is 2. The van der Waals surface area contributed by atoms with Gasteiger partial charge in [0.15, 0.2) is 11.5 Å². The van der Waals surface area contributed by atoms with Crippen molar-refractivity contribution in [1.29, 1.82) is 0 Å². The maximum absolute atomic E-state index is 13.1. The summed E-state index contributed by atoms with van der Waals surface area (Å²) in [4.78, 5) is 40.5. The van der Waals surface area contributed by atoms with Crippen LogP contribution < -0.4 is 25.1 Å². The van der Waals surface area contributed by atoms with Gasteiger partial charge >= 0.3 is 5.97 Å². The summed E-state index contributed by atoms with van der Waals surface area (Å²) in [6, 6.07) is 27.7. The molecule has 0 aliphatic rings. The molecule has 0 aliphatic carbocycles. The van der Waals surface area contributed by atoms with E-state index >= 15 is 0 Å². The van der Waals surface area contributed by atoms with E-state index in [0.717, 1.165) is 10.2 Å². The zero-order chi connectivity index (χ0) is 30.8. The fraction of sp³-hybridized carbons (Fsp3) is 0.0909. The Morgan fingerprint density at radius 3 is 2.14 bits per heavy atom. The van der Waals surface area contributed by atoms with Gasteiger partial charge in [-0.3, -0.25) is 9.59 Å². The highest BCUT2D eigenvalue weighted by molar-refractivity contribution is 9.10. The lowest BCUT2D eigenvalue weighted by atomic mass is 10.1. The average Bonchev–Trinajstić information content (AvgIpc) is 3.02. The number of hydrogen-bond donors (Lipinski definition) is 2. The van der Waals surface area contributed by atoms with Crippen LogP contribution in [0.4, 0.5) is 5.69 Å². The second-order valence-electron chi connectivity index (χ2n) is 9.37. The molecule has 2 N–H and O–H groups in total. The molecule has 0 heterocycles. The van der Waals surface area contributed by atoms with Crippen molar-refractivity contribution in [2.45, 2.75) is 0 Å². The number of halogens is 1. The molecular formula is C33H29BrN4O5. The number of amides is 2. The van der Waals surface area contributed by atoms with Crippen LogP contribution in [0.1, 0.15) is 31.8 Å². The van der Waals surface area contributed by atoms with Gasteiger partial charge in [0, 0.05) is 29.8 Å². The Labute approximate surface area is 258 Å². The molecule has 0 unspecified atom stereocenters. The number of carbonyl (C=O) groups is 3. The highest BCUT2D eigenvalue weighted by Crippen LogP contribution is 2.28. The Morgan fingerprint density at radius 2 is 1.49 bits per heavy atom. The van der Waals surface area contributed by atoms with Crippen LogP contribution in [0, 0.1) is 0 Å². The van der Waals surface area contributed by atoms with E-state index in [0.29, 0.717) is 28.0 Å². The minimum Gasteiger partial charge on any atom is -0.493 e. The van der Waals surface area contributed by atoms with Crippen molar-refractivity contribution in [3.05, 3.63) is 129 Å². The third kappa shape index (κ3) is 8.64. The number of anilines is 1. The first-order valence-electron chi connectivity index (χ1n) is 13.1. The molecule has 0 aromatic heterocycles. The second kappa shape index (κ2) is 14.6. The number of benzene rings is 4. The number of esters is 1. The third-order valence-electron chi connectivity index (χ3n) is 6.10. The molecule has 0 saturated heterocycles. The number of hydrogen-bond acceptors (Lipinski definition) is 7. The minimum absolute atomic E-state index is 0.0105. The van der Waals surface area contributed by atoms with Crippen molar-refractivity contribution in [2.24, 2.45) is 5.10 Å². The molecule has 9 nitrogen and oxygen atoms in total. The standard InChI is InChI=1S/C33H29BrN4O5/c1-38(2)27-16-9-22(10-17-27)19-28(36-31(39)24-7-5-4-6-8-24)32(40)37-35-21-23-11-18-29(30(20-23)42-3)43-33(41)25-12-14-26(34)15-13-25/h4-21H,1-3H3,(H,36,39)(H,37,40)/b28-19-,35-21+. The van der Waals surface area contributed by atoms with Crippen molar-refractivity contribution < 1.29 is 23.9 Å². The van der Waals surface area contributed by atoms with Crippen LogP contribution in [-0.2, 0) is 4.79 Å². The SMILES string of the molecule is COc1cc(/C=N/NC(=O)/C(=C/c2ccc(N(C)C)cc2)NC(=O)c2ccccc2)ccc1OC(=O)c1ccc(Br)cc1. The van der Waals surface area contributed by atoms with Crippen LogP contribution >= 0.6 is 15.9 Å². The second-order valence-corrected chi connectivity index (χ2v) is 10.3. The van der Waals surface area contributed by atoms with Gasteiger partial charge in [0.05, 0.1) is 18.9 Å². The number of carbonyl (C=O) groups excluding carboxylic acids is 3. The normalized spacial score (nSPS) is 11.1. The molecule has 0 fully saturated rings. The Kier molecular flexibility index (Phi) is 10.4. The molecule has 4 aromatic carbocycles. The van der Waals surface area contributed by atoms with Gasteiger partial charge in [-0.25, -0.2) is 10.2 Å². The van der Waals surface area contributed by atoms with Crippen molar-refractivity contribution >= 4 is 51.7 Å². The topological polar surface area (TPSA) is 109 Å². The predicted octanol–water partition coefficient (Wildman–Crippen LogP) is 5.66. The third-order valence-corrected chi connectivity index (χ3v) is 6.63. The summed E-state index contributed by atoms with van der Waals surface area (Å²) in [6.07, 6.45) is 2.98. The summed E-state index contributed by atoms with van der Waals surface area (Å²) in [6.45, 7) is 0. The zero-order valence-electron chi connectivity index (χ0n) is 23.7. The Balaban J connectivity index is 1.49. The van der Waals surface area contributed by atoms with Crippen molar-refractivity contribution in [1.82, 2.24) is 10.7 Å². The van der Waals surface area contributed by atoms with Crippen LogP contribution in [0.3, 0.4) is 0 Å². The van der Waals surface area contributed by atoms with Gasteiger partial charge < -0.3 is 19.7 Å². The van der Waals surface area contributed by atoms with Gasteiger partial charge in [-0.05, 0) is 83.9 Å². The zero-order valence-corrected chi connectivity index (χ0v) is 25.3. The van der Waals surface area contributed by atoms with Crippen molar-refractivity contribution in [3.63, 3.8) is 0 Å². The Morgan fingerprint density at radius 1 is 0.814 bits per heavy atom. The van der Waals surface area contributed by atoms with E-state index in [1.807, 2.05) is 43.3 Å². The average molecular weight is 642 g/mol. The van der Waals surface area contributed by atoms with Gasteiger partial charge in [-0.15, -0.1) is 0 Å². The minimum atomic E-state index is -0.621. The summed E-state index contributed by atoms with van der Waals surface area (Å²) < 4.78 is 11.7. The van der Waals surface area contributed by atoms with Crippen LogP contribution in [-0.4, -0.2) is 45.2 Å². The molecule has 43 heavy (non-hydrogen) atoms. The Hall–Kier alpha value is -5.22. The number of nitrogens with one attached hydrogen (secondary N) is 2. The maximum Gasteiger partial charge on any atom is 0.343 e. The summed E-state index contributed by atoms with van der Waals surface area (Å²) >= 11 is 3.34. The van der Waals surface area contributed by atoms with E-state index in [9.17, 15) is 14.4 Å². The summed E-state index contributed by atoms with van der Waals surface area (Å²) in [5.74, 6) is -1.06. The van der Waals surface area contributed by atoms with E-state index in [1.54, 1.807) is 78.9 Å². The van der Waals surface area contributed by atoms with Gasteiger partial charge in [0.2, 0.25) is 0 Å². The molecule has 2 amide bonds. The summed E-state index contributed by atoms with van der Waals surface area (Å²) in [7, 11) is 5.32. The molecule has 10 heteroatoms. The molecule has 218 valence electrons. The maximum atomic E-state index is 13.1. The number of rotatable bonds is 10. The number of methoxy groups -OCH3 is 1. The highest BCUT2D eigenvalue weighted by Gasteiger charge is 2.15. The smallest absolute Gasteiger partial charge is 0.343 e. The molecule has 4 rings (SSSR count). The van der Waals surface area contributed by atoms with E-state index in [4.69, 9.17) is 9.47 Å². The van der Waals surface area contributed by atoms with E-state index < -0.39 is 17.8 Å². The van der Waals surface area contributed by atoms with Gasteiger partial charge in [-0.2, -0.15) is 5.10 Å². The molecule has 0 saturated carbocycles. The molecule has 0 spiro atoms. The molecule has 0 bridgehead atoms. The first kappa shape index (κ1) is 30.7. The first-order valence-corrected chi connectivity index (χ1v) is 13.9. The summed E-state index contributed by atoms with van der Waals surface area (Å²) in [5, 5.41) is 6.73. The van der Waals surface area contributed by atoms with E-state index in [-0.39, 0.29) is 11.4 Å². The largest absolute Gasteiger partial charge is 0.493 e. The van der Waals surface area contributed by atoms with E-state index in [1.165, 1.54) is 13.3 Å². The highest BCUT2D eigenvalue weighted by atomic mass is 79.9. The fourth-order valence-corrected chi connectivity index (χ4v) is 4.06. The molecule has 0 aliphatic heterocycles.